The van der Waals surface area contributed by atoms with Gasteiger partial charge in [-0.15, -0.1) is 0 Å². The number of halogens is 6. The second-order valence-corrected chi connectivity index (χ2v) is 4.18. The van der Waals surface area contributed by atoms with E-state index in [-0.39, 0.29) is 19.3 Å². The number of hydrogen-bond acceptors (Lipinski definition) is 2. The summed E-state index contributed by atoms with van der Waals surface area (Å²) in [6.07, 6.45) is -10.5. The van der Waals surface area contributed by atoms with Crippen LogP contribution in [0.15, 0.2) is 0 Å². The molecule has 102 valence electrons. The van der Waals surface area contributed by atoms with Crippen molar-refractivity contribution in [2.75, 3.05) is 6.61 Å². The van der Waals surface area contributed by atoms with Crippen LogP contribution in [-0.4, -0.2) is 31.1 Å². The lowest BCUT2D eigenvalue weighted by atomic mass is 9.84. The Morgan fingerprint density at radius 1 is 1.06 bits per heavy atom. The van der Waals surface area contributed by atoms with Crippen molar-refractivity contribution in [3.63, 3.8) is 0 Å². The number of rotatable bonds is 2. The van der Waals surface area contributed by atoms with Gasteiger partial charge in [-0.25, -0.2) is 0 Å². The molecule has 8 heteroatoms. The van der Waals surface area contributed by atoms with Crippen LogP contribution in [0, 0.1) is 5.92 Å². The first-order valence-corrected chi connectivity index (χ1v) is 5.10. The highest BCUT2D eigenvalue weighted by Crippen LogP contribution is 2.38. The highest BCUT2D eigenvalue weighted by molar-refractivity contribution is 4.86. The van der Waals surface area contributed by atoms with E-state index in [4.69, 9.17) is 5.73 Å². The van der Waals surface area contributed by atoms with Gasteiger partial charge in [0.25, 0.3) is 0 Å². The van der Waals surface area contributed by atoms with Gasteiger partial charge in [-0.05, 0) is 19.3 Å². The van der Waals surface area contributed by atoms with Crippen LogP contribution in [0.2, 0.25) is 0 Å². The largest absolute Gasteiger partial charge is 0.411 e. The lowest BCUT2D eigenvalue weighted by Gasteiger charge is -2.34. The Morgan fingerprint density at radius 2 is 1.65 bits per heavy atom. The summed E-state index contributed by atoms with van der Waals surface area (Å²) >= 11 is 0. The number of ether oxygens (including phenoxy) is 1. The quantitative estimate of drug-likeness (QED) is 0.779. The second kappa shape index (κ2) is 5.01. The zero-order valence-corrected chi connectivity index (χ0v) is 8.81. The Balaban J connectivity index is 2.43. The zero-order chi connectivity index (χ0) is 13.3. The molecule has 0 saturated heterocycles. The van der Waals surface area contributed by atoms with Crippen molar-refractivity contribution in [1.82, 2.24) is 0 Å². The SMILES string of the molecule is N[C@H]1C[C@H](C(F)(F)F)CC[C@@H]1OCC(F)(F)F. The Bertz CT molecular complexity index is 251. The van der Waals surface area contributed by atoms with Gasteiger partial charge in [0.1, 0.15) is 6.61 Å². The van der Waals surface area contributed by atoms with Crippen molar-refractivity contribution >= 4 is 0 Å². The zero-order valence-electron chi connectivity index (χ0n) is 8.81. The van der Waals surface area contributed by atoms with Crippen LogP contribution in [0.25, 0.3) is 0 Å². The molecule has 1 saturated carbocycles. The molecular weight excluding hydrogens is 252 g/mol. The van der Waals surface area contributed by atoms with Gasteiger partial charge < -0.3 is 10.5 Å². The van der Waals surface area contributed by atoms with Gasteiger partial charge in [0.15, 0.2) is 0 Å². The summed E-state index contributed by atoms with van der Waals surface area (Å²) in [5.41, 5.74) is 5.40. The molecule has 0 aromatic rings. The van der Waals surface area contributed by atoms with E-state index in [1.807, 2.05) is 0 Å². The molecule has 1 aliphatic carbocycles. The van der Waals surface area contributed by atoms with Crippen molar-refractivity contribution in [2.24, 2.45) is 11.7 Å². The van der Waals surface area contributed by atoms with Crippen molar-refractivity contribution in [3.05, 3.63) is 0 Å². The van der Waals surface area contributed by atoms with Crippen LogP contribution in [0.3, 0.4) is 0 Å². The van der Waals surface area contributed by atoms with Gasteiger partial charge in [0.05, 0.1) is 12.0 Å². The minimum absolute atomic E-state index is 0.0958. The van der Waals surface area contributed by atoms with Crippen molar-refractivity contribution in [3.8, 4) is 0 Å². The molecule has 0 radical (unpaired) electrons. The average molecular weight is 265 g/mol. The third kappa shape index (κ3) is 4.71. The summed E-state index contributed by atoms with van der Waals surface area (Å²) in [5.74, 6) is -1.54. The van der Waals surface area contributed by atoms with Crippen LogP contribution >= 0.6 is 0 Å². The van der Waals surface area contributed by atoms with Crippen LogP contribution in [0.4, 0.5) is 26.3 Å². The molecular formula is C9H13F6NO. The molecule has 2 nitrogen and oxygen atoms in total. The molecule has 0 spiro atoms. The van der Waals surface area contributed by atoms with Crippen molar-refractivity contribution < 1.29 is 31.1 Å². The summed E-state index contributed by atoms with van der Waals surface area (Å²) in [6.45, 7) is -1.47. The third-order valence-electron chi connectivity index (χ3n) is 2.76. The Morgan fingerprint density at radius 3 is 2.06 bits per heavy atom. The standard InChI is InChI=1S/C9H13F6NO/c10-8(11,12)4-17-7-2-1-5(3-6(7)16)9(13,14)15/h5-7H,1-4,16H2/t5-,6+,7+/m1/s1. The molecule has 2 N–H and O–H groups in total. The van der Waals surface area contributed by atoms with Gasteiger partial charge in [-0.2, -0.15) is 26.3 Å². The fourth-order valence-corrected chi connectivity index (χ4v) is 1.88. The highest BCUT2D eigenvalue weighted by Gasteiger charge is 2.44. The fourth-order valence-electron chi connectivity index (χ4n) is 1.88. The third-order valence-corrected chi connectivity index (χ3v) is 2.76. The predicted molar refractivity (Wildman–Crippen MR) is 47.2 cm³/mol. The molecule has 0 heterocycles. The van der Waals surface area contributed by atoms with Gasteiger partial charge in [-0.3, -0.25) is 0 Å². The fraction of sp³-hybridized carbons (Fsp3) is 1.00. The Labute approximate surface area is 94.1 Å². The molecule has 0 amide bonds. The van der Waals surface area contributed by atoms with Gasteiger partial charge in [-0.1, -0.05) is 0 Å². The molecule has 1 rings (SSSR count). The molecule has 1 fully saturated rings. The number of alkyl halides is 6. The van der Waals surface area contributed by atoms with Gasteiger partial charge in [0, 0.05) is 6.04 Å². The Hall–Kier alpha value is -0.500. The molecule has 0 aliphatic heterocycles. The van der Waals surface area contributed by atoms with E-state index in [0.29, 0.717) is 0 Å². The molecule has 1 aliphatic rings. The van der Waals surface area contributed by atoms with Crippen molar-refractivity contribution in [1.29, 1.82) is 0 Å². The van der Waals surface area contributed by atoms with E-state index < -0.39 is 37.0 Å². The first kappa shape index (κ1) is 14.6. The maximum atomic E-state index is 12.3. The monoisotopic (exact) mass is 265 g/mol. The maximum absolute atomic E-state index is 12.3. The first-order valence-electron chi connectivity index (χ1n) is 5.10. The molecule has 0 aromatic carbocycles. The van der Waals surface area contributed by atoms with Crippen LogP contribution in [-0.2, 0) is 4.74 Å². The van der Waals surface area contributed by atoms with E-state index in [1.165, 1.54) is 0 Å². The van der Waals surface area contributed by atoms with E-state index in [2.05, 4.69) is 4.74 Å². The Kier molecular flexibility index (Phi) is 4.29. The number of nitrogens with two attached hydrogens (primary N) is 1. The summed E-state index contributed by atoms with van der Waals surface area (Å²) < 4.78 is 77.1. The normalized spacial score (nSPS) is 31.6. The summed E-state index contributed by atoms with van der Waals surface area (Å²) in [5, 5.41) is 0. The van der Waals surface area contributed by atoms with E-state index in [0.717, 1.165) is 0 Å². The molecule has 17 heavy (non-hydrogen) atoms. The number of hydrogen-bond donors (Lipinski definition) is 1. The van der Waals surface area contributed by atoms with Gasteiger partial charge >= 0.3 is 12.4 Å². The molecule has 3 atom stereocenters. The lowest BCUT2D eigenvalue weighted by molar-refractivity contribution is -0.208. The van der Waals surface area contributed by atoms with E-state index in [1.54, 1.807) is 0 Å². The highest BCUT2D eigenvalue weighted by atomic mass is 19.4. The smallest absolute Gasteiger partial charge is 0.367 e. The molecule has 0 unspecified atom stereocenters. The minimum Gasteiger partial charge on any atom is -0.367 e. The molecule has 0 bridgehead atoms. The van der Waals surface area contributed by atoms with E-state index >= 15 is 0 Å². The van der Waals surface area contributed by atoms with E-state index in [9.17, 15) is 26.3 Å². The second-order valence-electron chi connectivity index (χ2n) is 4.18. The lowest BCUT2D eigenvalue weighted by Crippen LogP contribution is -2.46. The minimum atomic E-state index is -4.49. The predicted octanol–water partition coefficient (Wildman–Crippen LogP) is 2.62. The first-order chi connectivity index (χ1) is 7.59. The maximum Gasteiger partial charge on any atom is 0.411 e. The van der Waals surface area contributed by atoms with Crippen LogP contribution < -0.4 is 5.73 Å². The van der Waals surface area contributed by atoms with Crippen molar-refractivity contribution in [2.45, 2.75) is 43.8 Å². The average Bonchev–Trinajstić information content (AvgIpc) is 2.12. The van der Waals surface area contributed by atoms with Crippen LogP contribution in [0.5, 0.6) is 0 Å². The topological polar surface area (TPSA) is 35.2 Å². The summed E-state index contributed by atoms with van der Waals surface area (Å²) in [4.78, 5) is 0. The summed E-state index contributed by atoms with van der Waals surface area (Å²) in [7, 11) is 0. The molecule has 0 aromatic heterocycles. The van der Waals surface area contributed by atoms with Crippen LogP contribution in [0.1, 0.15) is 19.3 Å². The summed E-state index contributed by atoms with van der Waals surface area (Å²) in [6, 6.07) is -1.00. The van der Waals surface area contributed by atoms with Gasteiger partial charge in [0.2, 0.25) is 0 Å².